The molecule has 0 spiro atoms. The van der Waals surface area contributed by atoms with Crippen molar-refractivity contribution in [1.82, 2.24) is 0 Å². The van der Waals surface area contributed by atoms with Crippen molar-refractivity contribution < 1.29 is 80.2 Å². The van der Waals surface area contributed by atoms with E-state index < -0.39 is 97.5 Å². The molecule has 19 heteroatoms. The van der Waals surface area contributed by atoms with Crippen LogP contribution in [0.15, 0.2) is 48.6 Å². The summed E-state index contributed by atoms with van der Waals surface area (Å²) in [5.74, 6) is -2.16. The van der Waals surface area contributed by atoms with Gasteiger partial charge in [-0.1, -0.05) is 301 Å². The molecule has 3 N–H and O–H groups in total. The number of allylic oxidation sites excluding steroid dienone is 8. The highest BCUT2D eigenvalue weighted by Crippen LogP contribution is 2.45. The number of aliphatic hydroxyl groups excluding tert-OH is 1. The Morgan fingerprint density at radius 3 is 0.854 bits per heavy atom. The van der Waals surface area contributed by atoms with E-state index in [2.05, 4.69) is 76.3 Å². The van der Waals surface area contributed by atoms with Gasteiger partial charge in [-0.05, 0) is 83.5 Å². The van der Waals surface area contributed by atoms with Gasteiger partial charge >= 0.3 is 39.5 Å². The van der Waals surface area contributed by atoms with E-state index >= 15 is 0 Å². The molecule has 5 atom stereocenters. The molecule has 0 fully saturated rings. The van der Waals surface area contributed by atoms with Crippen molar-refractivity contribution in [2.45, 2.75) is 380 Å². The summed E-state index contributed by atoms with van der Waals surface area (Å²) in [6.07, 6.45) is 66.6. The number of aliphatic hydroxyl groups is 1. The molecule has 0 aliphatic heterocycles. The van der Waals surface area contributed by atoms with Gasteiger partial charge in [0.15, 0.2) is 12.2 Å². The average Bonchev–Trinajstić information content (AvgIpc) is 1.14. The zero-order valence-corrected chi connectivity index (χ0v) is 63.1. The predicted molar refractivity (Wildman–Crippen MR) is 390 cm³/mol. The first-order chi connectivity index (χ1) is 46.7. The maximum atomic E-state index is 13.1. The van der Waals surface area contributed by atoms with Gasteiger partial charge in [0.05, 0.1) is 26.4 Å². The molecule has 0 aromatic rings. The van der Waals surface area contributed by atoms with E-state index in [0.717, 1.165) is 135 Å². The van der Waals surface area contributed by atoms with E-state index in [-0.39, 0.29) is 25.7 Å². The molecule has 0 aromatic heterocycles. The van der Waals surface area contributed by atoms with Crippen LogP contribution in [0, 0.1) is 0 Å². The van der Waals surface area contributed by atoms with E-state index in [1.807, 2.05) is 0 Å². The monoisotopic (exact) mass is 1400 g/mol. The summed E-state index contributed by atoms with van der Waals surface area (Å²) in [5.41, 5.74) is 0. The number of ether oxygens (including phenoxy) is 4. The molecule has 17 nitrogen and oxygen atoms in total. The highest BCUT2D eigenvalue weighted by Gasteiger charge is 2.30. The van der Waals surface area contributed by atoms with Crippen LogP contribution in [0.3, 0.4) is 0 Å². The van der Waals surface area contributed by atoms with Gasteiger partial charge in [0.2, 0.25) is 0 Å². The van der Waals surface area contributed by atoms with Gasteiger partial charge in [-0.15, -0.1) is 0 Å². The van der Waals surface area contributed by atoms with Crippen LogP contribution < -0.4 is 0 Å². The molecule has 0 saturated heterocycles. The molecule has 0 aliphatic carbocycles. The van der Waals surface area contributed by atoms with Crippen molar-refractivity contribution in [3.05, 3.63) is 48.6 Å². The number of unbranched alkanes of at least 4 members (excludes halogenated alkanes) is 40. The highest BCUT2D eigenvalue weighted by molar-refractivity contribution is 7.47. The zero-order chi connectivity index (χ0) is 70.4. The molecule has 0 aromatic carbocycles. The van der Waals surface area contributed by atoms with Crippen molar-refractivity contribution in [2.24, 2.45) is 0 Å². The summed E-state index contributed by atoms with van der Waals surface area (Å²) in [5, 5.41) is 10.6. The Labute approximate surface area is 585 Å². The SMILES string of the molecule is CC/C=C\C/C=C\C/C=C\CCCCCCCC(=O)OCC(COP(=O)(O)OCC(O)COP(=O)(O)OCC(COC(=O)CCCCCCCCCCCCCCCCC)OC(=O)CCCCCCCCCCCCCCC)OC(=O)CCCCCCC/C=C\CCCCCC. The average molecular weight is 1400 g/mol. The largest absolute Gasteiger partial charge is 0.472 e. The van der Waals surface area contributed by atoms with Gasteiger partial charge in [-0.3, -0.25) is 37.3 Å². The van der Waals surface area contributed by atoms with Crippen molar-refractivity contribution in [3.63, 3.8) is 0 Å². The fraction of sp³-hybridized carbons (Fsp3) is 0.844. The smallest absolute Gasteiger partial charge is 0.462 e. The molecule has 562 valence electrons. The Hall–Kier alpha value is -2.98. The third kappa shape index (κ3) is 69.5. The van der Waals surface area contributed by atoms with Gasteiger partial charge < -0.3 is 33.8 Å². The minimum atomic E-state index is -4.97. The Bertz CT molecular complexity index is 2010. The van der Waals surface area contributed by atoms with E-state index in [9.17, 15) is 43.2 Å². The summed E-state index contributed by atoms with van der Waals surface area (Å²) in [7, 11) is -9.93. The summed E-state index contributed by atoms with van der Waals surface area (Å²) in [6.45, 7) is 4.79. The summed E-state index contributed by atoms with van der Waals surface area (Å²) >= 11 is 0. The zero-order valence-electron chi connectivity index (χ0n) is 61.3. The van der Waals surface area contributed by atoms with Crippen LogP contribution in [-0.4, -0.2) is 96.7 Å². The van der Waals surface area contributed by atoms with Crippen molar-refractivity contribution in [1.29, 1.82) is 0 Å². The van der Waals surface area contributed by atoms with Crippen LogP contribution in [0.2, 0.25) is 0 Å². The van der Waals surface area contributed by atoms with Gasteiger partial charge in [-0.25, -0.2) is 9.13 Å². The van der Waals surface area contributed by atoms with E-state index in [1.54, 1.807) is 0 Å². The number of esters is 4. The molecular formula is C77H142O17P2. The second-order valence-electron chi connectivity index (χ2n) is 26.3. The minimum Gasteiger partial charge on any atom is -0.462 e. The Morgan fingerprint density at radius 2 is 0.542 bits per heavy atom. The number of phosphoric ester groups is 2. The molecule has 96 heavy (non-hydrogen) atoms. The minimum absolute atomic E-state index is 0.0855. The lowest BCUT2D eigenvalue weighted by Gasteiger charge is -2.21. The van der Waals surface area contributed by atoms with Crippen LogP contribution in [-0.2, 0) is 65.4 Å². The summed E-state index contributed by atoms with van der Waals surface area (Å²) in [6, 6.07) is 0. The first-order valence-corrected chi connectivity index (χ1v) is 41.9. The molecule has 5 unspecified atom stereocenters. The first kappa shape index (κ1) is 93.0. The number of rotatable bonds is 74. The molecule has 0 saturated carbocycles. The summed E-state index contributed by atoms with van der Waals surface area (Å²) in [4.78, 5) is 72.8. The van der Waals surface area contributed by atoms with E-state index in [1.165, 1.54) is 148 Å². The maximum Gasteiger partial charge on any atom is 0.472 e. The molecule has 0 heterocycles. The number of hydrogen-bond donors (Lipinski definition) is 3. The van der Waals surface area contributed by atoms with Crippen LogP contribution >= 0.6 is 15.6 Å². The lowest BCUT2D eigenvalue weighted by atomic mass is 10.0. The maximum absolute atomic E-state index is 13.1. The highest BCUT2D eigenvalue weighted by atomic mass is 31.2. The predicted octanol–water partition coefficient (Wildman–Crippen LogP) is 22.1. The Morgan fingerprint density at radius 1 is 0.302 bits per heavy atom. The Kier molecular flexibility index (Phi) is 68.3. The fourth-order valence-electron chi connectivity index (χ4n) is 10.9. The standard InChI is InChI=1S/C77H142O17P2/c1-5-9-13-17-21-25-29-33-35-39-41-45-49-53-57-61-74(79)87-67-72(93-76(81)63-59-55-51-47-43-37-31-27-23-19-15-11-7-3)69-91-95(83,84)89-65-71(78)66-90-96(85,86)92-70-73(94-77(82)64-60-56-52-48-44-38-32-28-24-20-16-12-8-4)68-88-75(80)62-58-54-50-46-42-40-36-34-30-26-22-18-14-10-6-2/h9,13,21,25,27,31,33,35,71-73,78H,5-8,10-12,14-20,22-24,26,28-30,32,34,36-70H2,1-4H3,(H,83,84)(H,85,86)/b13-9-,25-21-,31-27-,35-33-. The third-order valence-electron chi connectivity index (χ3n) is 16.8. The van der Waals surface area contributed by atoms with Crippen LogP contribution in [0.25, 0.3) is 0 Å². The lowest BCUT2D eigenvalue weighted by molar-refractivity contribution is -0.161. The second-order valence-corrected chi connectivity index (χ2v) is 29.2. The number of phosphoric acid groups is 2. The quantitative estimate of drug-likeness (QED) is 0.0169. The molecular weight excluding hydrogens is 1260 g/mol. The van der Waals surface area contributed by atoms with Gasteiger partial charge in [-0.2, -0.15) is 0 Å². The first-order valence-electron chi connectivity index (χ1n) is 38.9. The van der Waals surface area contributed by atoms with Crippen molar-refractivity contribution in [3.8, 4) is 0 Å². The Balaban J connectivity index is 5.30. The van der Waals surface area contributed by atoms with E-state index in [4.69, 9.17) is 37.0 Å². The van der Waals surface area contributed by atoms with Crippen molar-refractivity contribution >= 4 is 39.5 Å². The van der Waals surface area contributed by atoms with Crippen LogP contribution in [0.1, 0.15) is 362 Å². The number of hydrogen-bond acceptors (Lipinski definition) is 15. The van der Waals surface area contributed by atoms with Gasteiger partial charge in [0, 0.05) is 25.7 Å². The molecule has 0 radical (unpaired) electrons. The lowest BCUT2D eigenvalue weighted by Crippen LogP contribution is -2.30. The van der Waals surface area contributed by atoms with Gasteiger partial charge in [0.1, 0.15) is 19.3 Å². The van der Waals surface area contributed by atoms with Crippen molar-refractivity contribution in [2.75, 3.05) is 39.6 Å². The fourth-order valence-corrected chi connectivity index (χ4v) is 12.5. The number of carbonyl (C=O) groups excluding carboxylic acids is 4. The van der Waals surface area contributed by atoms with Gasteiger partial charge in [0.25, 0.3) is 0 Å². The van der Waals surface area contributed by atoms with E-state index in [0.29, 0.717) is 25.7 Å². The molecule has 0 aliphatic rings. The third-order valence-corrected chi connectivity index (χ3v) is 18.7. The molecule has 0 rings (SSSR count). The second kappa shape index (κ2) is 70.5. The molecule has 0 bridgehead atoms. The summed E-state index contributed by atoms with van der Waals surface area (Å²) < 4.78 is 68.5. The van der Waals surface area contributed by atoms with Crippen LogP contribution in [0.5, 0.6) is 0 Å². The number of carbonyl (C=O) groups is 4. The van der Waals surface area contributed by atoms with Crippen LogP contribution in [0.4, 0.5) is 0 Å². The normalized spacial score (nSPS) is 14.2. The topological polar surface area (TPSA) is 237 Å². The molecule has 0 amide bonds.